The van der Waals surface area contributed by atoms with Crippen molar-refractivity contribution in [2.45, 2.75) is 33.2 Å². The smallest absolute Gasteiger partial charge is 0.448 e. The van der Waals surface area contributed by atoms with E-state index < -0.39 is 25.4 Å². The maximum atomic E-state index is 11.8. The SMILES string of the molecule is CCOC(=O)ON(C(=O)OCC)C(C)(C)/C=C/P(=O)(O)O. The zero-order chi connectivity index (χ0) is 16.7. The third-order valence-electron chi connectivity index (χ3n) is 2.06. The van der Waals surface area contributed by atoms with E-state index in [4.69, 9.17) is 19.4 Å². The summed E-state index contributed by atoms with van der Waals surface area (Å²) in [6.07, 6.45) is -1.10. The van der Waals surface area contributed by atoms with Crippen molar-refractivity contribution in [1.82, 2.24) is 5.06 Å². The summed E-state index contributed by atoms with van der Waals surface area (Å²) in [5.41, 5.74) is -1.36. The van der Waals surface area contributed by atoms with Gasteiger partial charge in [0.05, 0.1) is 18.8 Å². The molecule has 0 spiro atoms. The van der Waals surface area contributed by atoms with Crippen molar-refractivity contribution in [3.05, 3.63) is 11.9 Å². The lowest BCUT2D eigenvalue weighted by Gasteiger charge is -2.32. The Morgan fingerprint density at radius 2 is 1.71 bits per heavy atom. The molecule has 21 heavy (non-hydrogen) atoms. The van der Waals surface area contributed by atoms with Gasteiger partial charge in [-0.15, -0.1) is 5.06 Å². The highest BCUT2D eigenvalue weighted by Gasteiger charge is 2.35. The first kappa shape index (κ1) is 19.4. The second-order valence-electron chi connectivity index (χ2n) is 4.33. The van der Waals surface area contributed by atoms with Crippen LogP contribution in [-0.4, -0.2) is 45.9 Å². The number of nitrogens with zero attached hydrogens (tertiary/aromatic N) is 1. The van der Waals surface area contributed by atoms with Crippen LogP contribution in [0, 0.1) is 0 Å². The molecule has 0 bridgehead atoms. The minimum Gasteiger partial charge on any atom is -0.448 e. The molecule has 0 aliphatic rings. The molecule has 0 saturated heterocycles. The Bertz CT molecular complexity index is 442. The van der Waals surface area contributed by atoms with E-state index in [-0.39, 0.29) is 13.2 Å². The predicted molar refractivity (Wildman–Crippen MR) is 72.2 cm³/mol. The van der Waals surface area contributed by atoms with Crippen LogP contribution in [-0.2, 0) is 18.9 Å². The Labute approximate surface area is 122 Å². The van der Waals surface area contributed by atoms with Gasteiger partial charge < -0.3 is 19.3 Å². The van der Waals surface area contributed by atoms with Crippen LogP contribution in [0.25, 0.3) is 0 Å². The number of ether oxygens (including phenoxy) is 2. The molecule has 0 radical (unpaired) electrons. The molecular weight excluding hydrogens is 305 g/mol. The van der Waals surface area contributed by atoms with Gasteiger partial charge in [0.1, 0.15) is 0 Å². The second-order valence-corrected chi connectivity index (χ2v) is 5.80. The molecule has 9 nitrogen and oxygen atoms in total. The lowest BCUT2D eigenvalue weighted by atomic mass is 10.1. The number of amides is 1. The van der Waals surface area contributed by atoms with Gasteiger partial charge in [0.15, 0.2) is 0 Å². The van der Waals surface area contributed by atoms with Gasteiger partial charge in [-0.05, 0) is 33.8 Å². The molecule has 0 fully saturated rings. The third kappa shape index (κ3) is 7.69. The van der Waals surface area contributed by atoms with Gasteiger partial charge in [0, 0.05) is 5.82 Å². The van der Waals surface area contributed by atoms with E-state index in [0.29, 0.717) is 10.9 Å². The molecule has 0 atom stereocenters. The Kier molecular flexibility index (Phi) is 7.42. The summed E-state index contributed by atoms with van der Waals surface area (Å²) in [7, 11) is -4.43. The highest BCUT2D eigenvalue weighted by molar-refractivity contribution is 7.55. The first-order valence-corrected chi connectivity index (χ1v) is 7.79. The van der Waals surface area contributed by atoms with Crippen molar-refractivity contribution in [3.63, 3.8) is 0 Å². The van der Waals surface area contributed by atoms with E-state index in [0.717, 1.165) is 6.08 Å². The lowest BCUT2D eigenvalue weighted by Crippen LogP contribution is -2.48. The summed E-state index contributed by atoms with van der Waals surface area (Å²) >= 11 is 0. The Morgan fingerprint density at radius 1 is 1.19 bits per heavy atom. The molecule has 0 aromatic heterocycles. The van der Waals surface area contributed by atoms with E-state index in [1.165, 1.54) is 13.8 Å². The number of carbonyl (C=O) groups is 2. The number of hydrogen-bond acceptors (Lipinski definition) is 6. The van der Waals surface area contributed by atoms with E-state index in [9.17, 15) is 14.2 Å². The highest BCUT2D eigenvalue weighted by Crippen LogP contribution is 2.37. The zero-order valence-electron chi connectivity index (χ0n) is 12.3. The quantitative estimate of drug-likeness (QED) is 0.447. The first-order chi connectivity index (χ1) is 9.53. The van der Waals surface area contributed by atoms with E-state index >= 15 is 0 Å². The monoisotopic (exact) mass is 325 g/mol. The molecule has 122 valence electrons. The van der Waals surface area contributed by atoms with Gasteiger partial charge in [-0.1, -0.05) is 0 Å². The molecule has 0 saturated carbocycles. The normalized spacial score (nSPS) is 12.1. The van der Waals surface area contributed by atoms with Gasteiger partial charge in [-0.2, -0.15) is 0 Å². The van der Waals surface area contributed by atoms with Gasteiger partial charge in [-0.3, -0.25) is 9.40 Å². The lowest BCUT2D eigenvalue weighted by molar-refractivity contribution is -0.146. The summed E-state index contributed by atoms with van der Waals surface area (Å²) in [6, 6.07) is 0. The fraction of sp³-hybridized carbons (Fsp3) is 0.636. The Morgan fingerprint density at radius 3 is 2.14 bits per heavy atom. The summed E-state index contributed by atoms with van der Waals surface area (Å²) in [5, 5.41) is 0.542. The molecule has 0 aromatic carbocycles. The van der Waals surface area contributed by atoms with E-state index in [1.54, 1.807) is 13.8 Å². The molecule has 0 unspecified atom stereocenters. The number of rotatable bonds is 5. The van der Waals surface area contributed by atoms with Crippen molar-refractivity contribution in [3.8, 4) is 0 Å². The third-order valence-corrected chi connectivity index (χ3v) is 2.60. The number of hydrogen-bond donors (Lipinski definition) is 2. The molecule has 0 rings (SSSR count). The van der Waals surface area contributed by atoms with Crippen LogP contribution in [0.15, 0.2) is 11.9 Å². The van der Waals surface area contributed by atoms with Crippen LogP contribution < -0.4 is 0 Å². The minimum atomic E-state index is -4.43. The average molecular weight is 325 g/mol. The van der Waals surface area contributed by atoms with Crippen LogP contribution in [0.1, 0.15) is 27.7 Å². The minimum absolute atomic E-state index is 0.0276. The average Bonchev–Trinajstić information content (AvgIpc) is 2.33. The highest BCUT2D eigenvalue weighted by atomic mass is 31.2. The summed E-state index contributed by atoms with van der Waals surface area (Å²) in [6.45, 7) is 5.96. The largest absolute Gasteiger partial charge is 0.533 e. The topological polar surface area (TPSA) is 123 Å². The van der Waals surface area contributed by atoms with Crippen LogP contribution in [0.5, 0.6) is 0 Å². The van der Waals surface area contributed by atoms with Crippen LogP contribution in [0.3, 0.4) is 0 Å². The van der Waals surface area contributed by atoms with Gasteiger partial charge >= 0.3 is 19.8 Å². The van der Waals surface area contributed by atoms with E-state index in [2.05, 4.69) is 4.74 Å². The van der Waals surface area contributed by atoms with Crippen molar-refractivity contribution in [1.29, 1.82) is 0 Å². The first-order valence-electron chi connectivity index (χ1n) is 6.10. The molecule has 2 N–H and O–H groups in total. The van der Waals surface area contributed by atoms with Crippen molar-refractivity contribution in [2.75, 3.05) is 13.2 Å². The van der Waals surface area contributed by atoms with Crippen LogP contribution in [0.4, 0.5) is 9.59 Å². The van der Waals surface area contributed by atoms with Gasteiger partial charge in [-0.25, -0.2) is 9.59 Å². The summed E-state index contributed by atoms with van der Waals surface area (Å²) in [5.74, 6) is 0.605. The fourth-order valence-electron chi connectivity index (χ4n) is 1.14. The van der Waals surface area contributed by atoms with Crippen LogP contribution in [0.2, 0.25) is 0 Å². The van der Waals surface area contributed by atoms with Gasteiger partial charge in [0.2, 0.25) is 0 Å². The molecule has 0 aliphatic carbocycles. The van der Waals surface area contributed by atoms with Crippen molar-refractivity contribution < 1.29 is 38.3 Å². The number of hydroxylamine groups is 2. The van der Waals surface area contributed by atoms with Crippen LogP contribution >= 0.6 is 7.60 Å². The Hall–Kier alpha value is -1.57. The van der Waals surface area contributed by atoms with Gasteiger partial charge in [0.25, 0.3) is 0 Å². The molecule has 10 heteroatoms. The van der Waals surface area contributed by atoms with E-state index in [1.807, 2.05) is 0 Å². The number of carbonyl (C=O) groups excluding carboxylic acids is 2. The summed E-state index contributed by atoms with van der Waals surface area (Å²) in [4.78, 5) is 45.5. The van der Waals surface area contributed by atoms with Crippen molar-refractivity contribution in [2.24, 2.45) is 0 Å². The molecule has 1 amide bonds. The maximum Gasteiger partial charge on any atom is 0.533 e. The maximum absolute atomic E-state index is 11.8. The zero-order valence-corrected chi connectivity index (χ0v) is 13.2. The predicted octanol–water partition coefficient (Wildman–Crippen LogP) is 2.00. The molecule has 0 heterocycles. The molecule has 0 aliphatic heterocycles. The van der Waals surface area contributed by atoms with Crippen molar-refractivity contribution >= 4 is 19.8 Å². The Balaban J connectivity index is 5.26. The molecular formula is C11H20NO8P. The molecule has 0 aromatic rings. The fourth-order valence-corrected chi connectivity index (χ4v) is 1.70. The summed E-state index contributed by atoms with van der Waals surface area (Å²) < 4.78 is 20.1. The second kappa shape index (κ2) is 8.02. The standard InChI is InChI=1S/C11H20NO8P/c1-5-18-9(13)12(20-10(14)19-6-2)11(3,4)7-8-21(15,16)17/h7-8H,5-6H2,1-4H3,(H2,15,16,17)/b8-7+.